The summed E-state index contributed by atoms with van der Waals surface area (Å²) in [6.45, 7) is 0.573. The maximum absolute atomic E-state index is 5.72. The average molecular weight is 251 g/mol. The highest BCUT2D eigenvalue weighted by Gasteiger charge is 1.98. The third-order valence-electron chi connectivity index (χ3n) is 2.77. The molecule has 19 heavy (non-hydrogen) atoms. The first-order valence-corrected chi connectivity index (χ1v) is 6.03. The number of ether oxygens (including phenoxy) is 1. The molecular weight excluding hydrogens is 238 g/mol. The molecule has 3 rings (SSSR count). The van der Waals surface area contributed by atoms with Crippen molar-refractivity contribution >= 4 is 0 Å². The minimum absolute atomic E-state index is 0.573. The summed E-state index contributed by atoms with van der Waals surface area (Å²) in [5.41, 5.74) is 2.12. The van der Waals surface area contributed by atoms with Crippen LogP contribution in [-0.4, -0.2) is 14.8 Å². The molecule has 3 aromatic rings. The van der Waals surface area contributed by atoms with Crippen LogP contribution in [0, 0.1) is 0 Å². The predicted molar refractivity (Wildman–Crippen MR) is 72.1 cm³/mol. The molecular formula is C15H13N3O. The standard InChI is InChI=1S/C15H13N3O/c1-2-4-13(5-3-1)10-19-15-8-6-14(7-9-15)18-12-16-11-17-18/h1-9,11-12H,10H2. The van der Waals surface area contributed by atoms with Gasteiger partial charge in [-0.2, -0.15) is 5.10 Å². The quantitative estimate of drug-likeness (QED) is 0.715. The molecule has 0 bridgehead atoms. The van der Waals surface area contributed by atoms with E-state index in [0.717, 1.165) is 17.0 Å². The van der Waals surface area contributed by atoms with Gasteiger partial charge in [0.1, 0.15) is 25.0 Å². The molecule has 0 spiro atoms. The molecule has 0 aliphatic heterocycles. The molecule has 0 saturated heterocycles. The molecule has 0 radical (unpaired) electrons. The van der Waals surface area contributed by atoms with Gasteiger partial charge < -0.3 is 4.74 Å². The van der Waals surface area contributed by atoms with Crippen molar-refractivity contribution in [2.45, 2.75) is 6.61 Å². The second kappa shape index (κ2) is 5.35. The normalized spacial score (nSPS) is 10.3. The monoisotopic (exact) mass is 251 g/mol. The lowest BCUT2D eigenvalue weighted by Gasteiger charge is -2.07. The van der Waals surface area contributed by atoms with Crippen LogP contribution in [0.4, 0.5) is 0 Å². The van der Waals surface area contributed by atoms with Crippen LogP contribution in [0.1, 0.15) is 5.56 Å². The molecule has 0 aliphatic carbocycles. The first-order chi connectivity index (χ1) is 9.42. The number of nitrogens with zero attached hydrogens (tertiary/aromatic N) is 3. The van der Waals surface area contributed by atoms with Crippen molar-refractivity contribution in [2.24, 2.45) is 0 Å². The largest absolute Gasteiger partial charge is 0.489 e. The second-order valence-electron chi connectivity index (χ2n) is 4.11. The van der Waals surface area contributed by atoms with Gasteiger partial charge in [0.2, 0.25) is 0 Å². The van der Waals surface area contributed by atoms with Crippen LogP contribution in [0.2, 0.25) is 0 Å². The molecule has 4 heteroatoms. The Kier molecular flexibility index (Phi) is 3.23. The molecule has 0 saturated carbocycles. The first-order valence-electron chi connectivity index (χ1n) is 6.03. The third kappa shape index (κ3) is 2.80. The summed E-state index contributed by atoms with van der Waals surface area (Å²) in [6.07, 6.45) is 3.18. The lowest BCUT2D eigenvalue weighted by Crippen LogP contribution is -1.97. The minimum Gasteiger partial charge on any atom is -0.489 e. The van der Waals surface area contributed by atoms with Crippen LogP contribution >= 0.6 is 0 Å². The molecule has 0 unspecified atom stereocenters. The summed E-state index contributed by atoms with van der Waals surface area (Å²) in [6, 6.07) is 17.9. The van der Waals surface area contributed by atoms with Gasteiger partial charge in [-0.3, -0.25) is 0 Å². The molecule has 0 atom stereocenters. The Hall–Kier alpha value is -2.62. The van der Waals surface area contributed by atoms with Gasteiger partial charge in [0.05, 0.1) is 5.69 Å². The van der Waals surface area contributed by atoms with Crippen molar-refractivity contribution < 1.29 is 4.74 Å². The van der Waals surface area contributed by atoms with Gasteiger partial charge in [0, 0.05) is 0 Å². The van der Waals surface area contributed by atoms with Gasteiger partial charge in [0.25, 0.3) is 0 Å². The number of hydrogen-bond acceptors (Lipinski definition) is 3. The van der Waals surface area contributed by atoms with Crippen LogP contribution in [0.3, 0.4) is 0 Å². The highest BCUT2D eigenvalue weighted by atomic mass is 16.5. The predicted octanol–water partition coefficient (Wildman–Crippen LogP) is 2.85. The molecule has 1 heterocycles. The Morgan fingerprint density at radius 3 is 2.42 bits per heavy atom. The smallest absolute Gasteiger partial charge is 0.138 e. The summed E-state index contributed by atoms with van der Waals surface area (Å²) >= 11 is 0. The highest BCUT2D eigenvalue weighted by molar-refractivity contribution is 5.36. The van der Waals surface area contributed by atoms with E-state index in [9.17, 15) is 0 Å². The zero-order chi connectivity index (χ0) is 12.9. The molecule has 1 aromatic heterocycles. The van der Waals surface area contributed by atoms with E-state index >= 15 is 0 Å². The fourth-order valence-corrected chi connectivity index (χ4v) is 1.78. The summed E-state index contributed by atoms with van der Waals surface area (Å²) in [5, 5.41) is 4.07. The van der Waals surface area contributed by atoms with Gasteiger partial charge in [-0.1, -0.05) is 30.3 Å². The van der Waals surface area contributed by atoms with Crippen LogP contribution < -0.4 is 4.74 Å². The van der Waals surface area contributed by atoms with Gasteiger partial charge >= 0.3 is 0 Å². The fourth-order valence-electron chi connectivity index (χ4n) is 1.78. The summed E-state index contributed by atoms with van der Waals surface area (Å²) in [7, 11) is 0. The topological polar surface area (TPSA) is 39.9 Å². The Morgan fingerprint density at radius 2 is 1.74 bits per heavy atom. The molecule has 0 N–H and O–H groups in total. The Labute approximate surface area is 111 Å². The number of hydrogen-bond donors (Lipinski definition) is 0. The van der Waals surface area contributed by atoms with E-state index in [1.54, 1.807) is 11.0 Å². The van der Waals surface area contributed by atoms with E-state index in [1.807, 2.05) is 54.6 Å². The summed E-state index contributed by atoms with van der Waals surface area (Å²) < 4.78 is 7.43. The second-order valence-corrected chi connectivity index (χ2v) is 4.11. The van der Waals surface area contributed by atoms with Crippen molar-refractivity contribution in [3.8, 4) is 11.4 Å². The lowest BCUT2D eigenvalue weighted by molar-refractivity contribution is 0.306. The van der Waals surface area contributed by atoms with E-state index in [0.29, 0.717) is 6.61 Å². The minimum atomic E-state index is 0.573. The average Bonchev–Trinajstić information content (AvgIpc) is 3.01. The van der Waals surface area contributed by atoms with E-state index in [2.05, 4.69) is 10.1 Å². The van der Waals surface area contributed by atoms with Crippen LogP contribution in [0.15, 0.2) is 67.3 Å². The number of aromatic nitrogens is 3. The molecule has 0 amide bonds. The van der Waals surface area contributed by atoms with Gasteiger partial charge in [-0.15, -0.1) is 0 Å². The molecule has 4 nitrogen and oxygen atoms in total. The number of benzene rings is 2. The first kappa shape index (κ1) is 11.5. The van der Waals surface area contributed by atoms with Crippen molar-refractivity contribution in [1.29, 1.82) is 0 Å². The zero-order valence-electron chi connectivity index (χ0n) is 10.3. The third-order valence-corrected chi connectivity index (χ3v) is 2.77. The molecule has 94 valence electrons. The summed E-state index contributed by atoms with van der Waals surface area (Å²) in [4.78, 5) is 3.92. The van der Waals surface area contributed by atoms with Crippen LogP contribution in [-0.2, 0) is 6.61 Å². The van der Waals surface area contributed by atoms with E-state index in [-0.39, 0.29) is 0 Å². The number of rotatable bonds is 4. The molecule has 0 fully saturated rings. The van der Waals surface area contributed by atoms with Crippen molar-refractivity contribution in [1.82, 2.24) is 14.8 Å². The molecule has 0 aliphatic rings. The fraction of sp³-hybridized carbons (Fsp3) is 0.0667. The maximum atomic E-state index is 5.72. The van der Waals surface area contributed by atoms with Gasteiger partial charge in [0.15, 0.2) is 0 Å². The van der Waals surface area contributed by atoms with Crippen LogP contribution in [0.25, 0.3) is 5.69 Å². The van der Waals surface area contributed by atoms with E-state index in [1.165, 1.54) is 6.33 Å². The highest BCUT2D eigenvalue weighted by Crippen LogP contribution is 2.15. The van der Waals surface area contributed by atoms with E-state index < -0.39 is 0 Å². The Bertz CT molecular complexity index is 618. The van der Waals surface area contributed by atoms with Gasteiger partial charge in [-0.05, 0) is 29.8 Å². The van der Waals surface area contributed by atoms with Crippen molar-refractivity contribution in [3.05, 3.63) is 72.8 Å². The zero-order valence-corrected chi connectivity index (χ0v) is 10.3. The van der Waals surface area contributed by atoms with E-state index in [4.69, 9.17) is 4.74 Å². The van der Waals surface area contributed by atoms with Gasteiger partial charge in [-0.25, -0.2) is 9.67 Å². The van der Waals surface area contributed by atoms with Crippen molar-refractivity contribution in [2.75, 3.05) is 0 Å². The van der Waals surface area contributed by atoms with Crippen LogP contribution in [0.5, 0.6) is 5.75 Å². The summed E-state index contributed by atoms with van der Waals surface area (Å²) in [5.74, 6) is 0.840. The SMILES string of the molecule is c1ccc(COc2ccc(-n3cncn3)cc2)cc1. The Balaban J connectivity index is 1.67. The maximum Gasteiger partial charge on any atom is 0.138 e. The lowest BCUT2D eigenvalue weighted by atomic mass is 10.2. The molecule has 2 aromatic carbocycles. The van der Waals surface area contributed by atoms with Crippen molar-refractivity contribution in [3.63, 3.8) is 0 Å². The Morgan fingerprint density at radius 1 is 0.947 bits per heavy atom.